The van der Waals surface area contributed by atoms with E-state index in [0.717, 1.165) is 10.5 Å². The highest BCUT2D eigenvalue weighted by Gasteiger charge is 2.16. The molecule has 0 aliphatic carbocycles. The average molecular weight is 373 g/mol. The van der Waals surface area contributed by atoms with Gasteiger partial charge in [-0.3, -0.25) is 0 Å². The topological polar surface area (TPSA) is 20.2 Å². The van der Waals surface area contributed by atoms with Crippen molar-refractivity contribution >= 4 is 27.7 Å². The van der Waals surface area contributed by atoms with Crippen LogP contribution in [-0.2, 0) is 6.42 Å². The molecule has 2 aromatic carbocycles. The van der Waals surface area contributed by atoms with Gasteiger partial charge in [0.25, 0.3) is 0 Å². The molecule has 0 fully saturated rings. The Kier molecular flexibility index (Phi) is 5.79. The molecule has 1 N–H and O–H groups in total. The van der Waals surface area contributed by atoms with E-state index >= 15 is 0 Å². The maximum Gasteiger partial charge on any atom is 0.143 e. The summed E-state index contributed by atoms with van der Waals surface area (Å²) in [7, 11) is 0. The van der Waals surface area contributed by atoms with Crippen molar-refractivity contribution in [3.63, 3.8) is 0 Å². The lowest BCUT2D eigenvalue weighted by atomic mass is 10.1. The van der Waals surface area contributed by atoms with Gasteiger partial charge < -0.3 is 5.11 Å². The van der Waals surface area contributed by atoms with Crippen molar-refractivity contribution in [1.29, 1.82) is 0 Å². The zero-order chi connectivity index (χ0) is 15.4. The van der Waals surface area contributed by atoms with Crippen molar-refractivity contribution in [2.45, 2.75) is 24.3 Å². The molecule has 2 rings (SSSR count). The largest absolute Gasteiger partial charge is 0.392 e. The van der Waals surface area contributed by atoms with Crippen LogP contribution in [0.5, 0.6) is 0 Å². The molecule has 0 bridgehead atoms. The van der Waals surface area contributed by atoms with Crippen LogP contribution in [0, 0.1) is 18.6 Å². The Morgan fingerprint density at radius 3 is 2.48 bits per heavy atom. The van der Waals surface area contributed by atoms with Crippen molar-refractivity contribution in [2.75, 3.05) is 5.75 Å². The number of benzene rings is 2. The van der Waals surface area contributed by atoms with E-state index in [-0.39, 0.29) is 16.5 Å². The van der Waals surface area contributed by atoms with Crippen LogP contribution < -0.4 is 0 Å². The first-order chi connectivity index (χ1) is 9.97. The zero-order valence-electron chi connectivity index (χ0n) is 11.4. The van der Waals surface area contributed by atoms with Gasteiger partial charge in [0, 0.05) is 22.6 Å². The van der Waals surface area contributed by atoms with Crippen LogP contribution in [-0.4, -0.2) is 17.0 Å². The van der Waals surface area contributed by atoms with Crippen LogP contribution in [0.1, 0.15) is 11.1 Å². The second-order valence-electron chi connectivity index (χ2n) is 4.80. The van der Waals surface area contributed by atoms with Crippen LogP contribution in [0.4, 0.5) is 8.78 Å². The zero-order valence-corrected chi connectivity index (χ0v) is 13.8. The van der Waals surface area contributed by atoms with Gasteiger partial charge in [0.2, 0.25) is 0 Å². The van der Waals surface area contributed by atoms with Crippen LogP contribution in [0.15, 0.2) is 45.8 Å². The molecular weight excluding hydrogens is 358 g/mol. The van der Waals surface area contributed by atoms with Gasteiger partial charge in [-0.1, -0.05) is 17.7 Å². The third-order valence-corrected chi connectivity index (χ3v) is 4.81. The summed E-state index contributed by atoms with van der Waals surface area (Å²) in [6.07, 6.45) is -0.856. The minimum Gasteiger partial charge on any atom is -0.392 e. The number of hydrogen-bond acceptors (Lipinski definition) is 2. The van der Waals surface area contributed by atoms with Crippen molar-refractivity contribution in [1.82, 2.24) is 0 Å². The highest BCUT2D eigenvalue weighted by molar-refractivity contribution is 9.10. The highest BCUT2D eigenvalue weighted by Crippen LogP contribution is 2.25. The van der Waals surface area contributed by atoms with Gasteiger partial charge >= 0.3 is 0 Å². The lowest BCUT2D eigenvalue weighted by Gasteiger charge is -2.12. The molecule has 2 aromatic rings. The predicted molar refractivity (Wildman–Crippen MR) is 85.7 cm³/mol. The molecule has 0 aliphatic rings. The Balaban J connectivity index is 1.97. The molecule has 0 aromatic heterocycles. The summed E-state index contributed by atoms with van der Waals surface area (Å²) in [4.78, 5) is 1.02. The molecule has 112 valence electrons. The van der Waals surface area contributed by atoms with E-state index in [0.29, 0.717) is 5.75 Å². The molecule has 1 nitrogen and oxygen atoms in total. The molecular formula is C16H15BrF2OS. The lowest BCUT2D eigenvalue weighted by molar-refractivity contribution is 0.197. The minimum atomic E-state index is -0.811. The quantitative estimate of drug-likeness (QED) is 0.604. The number of aliphatic hydroxyl groups excluding tert-OH is 1. The smallest absolute Gasteiger partial charge is 0.143 e. The van der Waals surface area contributed by atoms with Crippen molar-refractivity contribution < 1.29 is 13.9 Å². The summed E-state index contributed by atoms with van der Waals surface area (Å²) in [6, 6.07) is 10.4. The Labute approximate surface area is 135 Å². The Bertz CT molecular complexity index is 616. The van der Waals surface area contributed by atoms with E-state index in [1.165, 1.54) is 23.9 Å². The number of aryl methyl sites for hydroxylation is 1. The number of thioether (sulfide) groups is 1. The summed E-state index contributed by atoms with van der Waals surface area (Å²) in [6.45, 7) is 2.00. The maximum absolute atomic E-state index is 13.8. The van der Waals surface area contributed by atoms with Gasteiger partial charge in [-0.25, -0.2) is 8.78 Å². The number of halogens is 3. The fourth-order valence-corrected chi connectivity index (χ4v) is 3.08. The number of rotatable bonds is 5. The summed E-state index contributed by atoms with van der Waals surface area (Å²) in [5, 5.41) is 9.99. The molecule has 0 heterocycles. The Hall–Kier alpha value is -0.910. The predicted octanol–water partition coefficient (Wildman–Crippen LogP) is 4.73. The summed E-state index contributed by atoms with van der Waals surface area (Å²) in [5.74, 6) is -0.890. The molecule has 0 aliphatic heterocycles. The number of hydrogen-bond donors (Lipinski definition) is 1. The van der Waals surface area contributed by atoms with Crippen LogP contribution in [0.2, 0.25) is 0 Å². The summed E-state index contributed by atoms with van der Waals surface area (Å²) >= 11 is 4.49. The third kappa shape index (κ3) is 4.53. The third-order valence-electron chi connectivity index (χ3n) is 3.04. The van der Waals surface area contributed by atoms with Crippen LogP contribution >= 0.6 is 27.7 Å². The van der Waals surface area contributed by atoms with Crippen LogP contribution in [0.25, 0.3) is 0 Å². The molecule has 1 unspecified atom stereocenters. The van der Waals surface area contributed by atoms with Crippen molar-refractivity contribution in [2.24, 2.45) is 0 Å². The first-order valence-corrected chi connectivity index (χ1v) is 8.25. The lowest BCUT2D eigenvalue weighted by Crippen LogP contribution is -2.16. The standard InChI is InChI=1S/C16H15BrF2OS/c1-10-2-4-12(5-3-10)21-9-11(20)8-13-15(18)7-6-14(17)16(13)19/h2-7,11,20H,8-9H2,1H3. The van der Waals surface area contributed by atoms with Gasteiger partial charge in [-0.2, -0.15) is 0 Å². The van der Waals surface area contributed by atoms with E-state index in [1.54, 1.807) is 0 Å². The molecule has 0 saturated carbocycles. The van der Waals surface area contributed by atoms with Gasteiger partial charge in [-0.05, 0) is 47.1 Å². The Morgan fingerprint density at radius 1 is 1.14 bits per heavy atom. The Morgan fingerprint density at radius 2 is 1.81 bits per heavy atom. The summed E-state index contributed by atoms with van der Waals surface area (Å²) in [5.41, 5.74) is 1.08. The van der Waals surface area contributed by atoms with E-state index in [4.69, 9.17) is 0 Å². The molecule has 1 atom stereocenters. The van der Waals surface area contributed by atoms with Gasteiger partial charge in [-0.15, -0.1) is 11.8 Å². The van der Waals surface area contributed by atoms with Gasteiger partial charge in [0.1, 0.15) is 11.6 Å². The molecule has 5 heteroatoms. The van der Waals surface area contributed by atoms with E-state index in [2.05, 4.69) is 15.9 Å². The van der Waals surface area contributed by atoms with Crippen LogP contribution in [0.3, 0.4) is 0 Å². The van der Waals surface area contributed by atoms with Gasteiger partial charge in [0.15, 0.2) is 0 Å². The van der Waals surface area contributed by atoms with E-state index in [9.17, 15) is 13.9 Å². The monoisotopic (exact) mass is 372 g/mol. The molecule has 21 heavy (non-hydrogen) atoms. The summed E-state index contributed by atoms with van der Waals surface area (Å²) < 4.78 is 27.7. The normalized spacial score (nSPS) is 12.4. The fourth-order valence-electron chi connectivity index (χ4n) is 1.88. The second-order valence-corrected chi connectivity index (χ2v) is 6.75. The molecule has 0 saturated heterocycles. The average Bonchev–Trinajstić information content (AvgIpc) is 2.47. The number of aliphatic hydroxyl groups is 1. The molecule has 0 spiro atoms. The minimum absolute atomic E-state index is 0.0457. The SMILES string of the molecule is Cc1ccc(SCC(O)Cc2c(F)ccc(Br)c2F)cc1. The second kappa shape index (κ2) is 7.38. The molecule has 0 amide bonds. The maximum atomic E-state index is 13.8. The first-order valence-electron chi connectivity index (χ1n) is 6.47. The van der Waals surface area contributed by atoms with Crippen molar-refractivity contribution in [3.05, 3.63) is 63.6 Å². The van der Waals surface area contributed by atoms with E-state index in [1.807, 2.05) is 31.2 Å². The highest BCUT2D eigenvalue weighted by atomic mass is 79.9. The fraction of sp³-hybridized carbons (Fsp3) is 0.250. The van der Waals surface area contributed by atoms with Crippen molar-refractivity contribution in [3.8, 4) is 0 Å². The molecule has 0 radical (unpaired) electrons. The van der Waals surface area contributed by atoms with Gasteiger partial charge in [0.05, 0.1) is 10.6 Å². The van der Waals surface area contributed by atoms with E-state index < -0.39 is 17.7 Å². The first kappa shape index (κ1) is 16.5.